The lowest BCUT2D eigenvalue weighted by molar-refractivity contribution is -0.150. The molecule has 0 aliphatic heterocycles. The third-order valence-electron chi connectivity index (χ3n) is 3.95. The molecule has 2 rings (SSSR count). The first-order valence-electron chi connectivity index (χ1n) is 7.68. The number of aryl methyl sites for hydroxylation is 2. The number of carbonyl (C=O) groups excluding carboxylic acids is 3. The molecular weight excluding hydrogens is 296 g/mol. The molecule has 0 heterocycles. The predicted molar refractivity (Wildman–Crippen MR) is 85.8 cm³/mol. The van der Waals surface area contributed by atoms with Gasteiger partial charge in [-0.15, -0.1) is 0 Å². The summed E-state index contributed by atoms with van der Waals surface area (Å²) in [6.45, 7) is 5.26. The summed E-state index contributed by atoms with van der Waals surface area (Å²) < 4.78 is 4.90. The van der Waals surface area contributed by atoms with Gasteiger partial charge in [-0.3, -0.25) is 14.4 Å². The minimum absolute atomic E-state index is 0.0740. The van der Waals surface area contributed by atoms with Crippen LogP contribution in [-0.2, 0) is 19.1 Å². The molecule has 0 bridgehead atoms. The normalized spacial score (nSPS) is 18.9. The smallest absolute Gasteiger partial charge is 0.309 e. The number of hydrogen-bond donors (Lipinski definition) is 2. The molecule has 1 aliphatic rings. The van der Waals surface area contributed by atoms with Crippen LogP contribution in [-0.4, -0.2) is 30.9 Å². The number of nitrogens with one attached hydrogen (secondary N) is 2. The molecule has 1 fully saturated rings. The van der Waals surface area contributed by atoms with E-state index in [1.807, 2.05) is 39.0 Å². The van der Waals surface area contributed by atoms with E-state index in [2.05, 4.69) is 10.6 Å². The van der Waals surface area contributed by atoms with Crippen LogP contribution in [0.5, 0.6) is 0 Å². The van der Waals surface area contributed by atoms with Crippen LogP contribution in [0.15, 0.2) is 18.2 Å². The van der Waals surface area contributed by atoms with Crippen molar-refractivity contribution in [3.05, 3.63) is 29.3 Å². The maximum absolute atomic E-state index is 11.9. The third kappa shape index (κ3) is 4.81. The summed E-state index contributed by atoms with van der Waals surface area (Å²) in [5.41, 5.74) is 2.66. The monoisotopic (exact) mass is 318 g/mol. The van der Waals surface area contributed by atoms with E-state index in [4.69, 9.17) is 4.74 Å². The van der Waals surface area contributed by atoms with Gasteiger partial charge in [0.2, 0.25) is 5.91 Å². The number of esters is 1. The topological polar surface area (TPSA) is 84.5 Å². The van der Waals surface area contributed by atoms with E-state index in [0.29, 0.717) is 5.92 Å². The van der Waals surface area contributed by atoms with Crippen LogP contribution in [0.4, 0.5) is 5.69 Å². The molecular formula is C17H22N2O4. The predicted octanol–water partition coefficient (Wildman–Crippen LogP) is 1.56. The number of anilines is 1. The molecule has 0 unspecified atom stereocenters. The molecule has 124 valence electrons. The number of rotatable bonds is 6. The van der Waals surface area contributed by atoms with Crippen molar-refractivity contribution >= 4 is 23.5 Å². The first kappa shape index (κ1) is 17.0. The summed E-state index contributed by atoms with van der Waals surface area (Å²) in [7, 11) is 0. The van der Waals surface area contributed by atoms with Gasteiger partial charge in [0.25, 0.3) is 5.91 Å². The van der Waals surface area contributed by atoms with Crippen molar-refractivity contribution in [3.63, 3.8) is 0 Å². The number of amides is 2. The first-order chi connectivity index (χ1) is 10.9. The Hall–Kier alpha value is -2.37. The molecule has 6 nitrogen and oxygen atoms in total. The van der Waals surface area contributed by atoms with E-state index >= 15 is 0 Å². The van der Waals surface area contributed by atoms with Crippen molar-refractivity contribution in [1.29, 1.82) is 0 Å². The summed E-state index contributed by atoms with van der Waals surface area (Å²) >= 11 is 0. The van der Waals surface area contributed by atoms with Gasteiger partial charge in [0.1, 0.15) is 0 Å². The lowest BCUT2D eigenvalue weighted by atomic mass is 10.1. The molecule has 0 radical (unpaired) electrons. The highest BCUT2D eigenvalue weighted by Crippen LogP contribution is 2.38. The second-order valence-corrected chi connectivity index (χ2v) is 6.02. The first-order valence-corrected chi connectivity index (χ1v) is 7.68. The van der Waals surface area contributed by atoms with Gasteiger partial charge in [0, 0.05) is 5.69 Å². The highest BCUT2D eigenvalue weighted by molar-refractivity contribution is 5.96. The molecule has 1 aromatic rings. The number of ether oxygens (including phenoxy) is 1. The minimum atomic E-state index is -0.483. The van der Waals surface area contributed by atoms with Crippen LogP contribution < -0.4 is 10.6 Å². The molecule has 0 saturated heterocycles. The van der Waals surface area contributed by atoms with Crippen LogP contribution in [0.2, 0.25) is 0 Å². The standard InChI is InChI=1S/C17H22N2O4/c1-10-5-4-6-11(2)16(10)19-14(20)8-18-15(21)9-23-17(22)13-7-12(13)3/h4-6,12-13H,7-9H2,1-3H3,(H,18,21)(H,19,20)/t12-,13+/m0/s1. The van der Waals surface area contributed by atoms with Crippen LogP contribution in [0.25, 0.3) is 0 Å². The van der Waals surface area contributed by atoms with Crippen molar-refractivity contribution in [1.82, 2.24) is 5.32 Å². The van der Waals surface area contributed by atoms with E-state index in [9.17, 15) is 14.4 Å². The van der Waals surface area contributed by atoms with E-state index in [0.717, 1.165) is 23.2 Å². The zero-order valence-corrected chi connectivity index (χ0v) is 13.6. The lowest BCUT2D eigenvalue weighted by Crippen LogP contribution is -2.36. The van der Waals surface area contributed by atoms with E-state index in [1.54, 1.807) is 0 Å². The molecule has 0 spiro atoms. The molecule has 0 aromatic heterocycles. The average molecular weight is 318 g/mol. The maximum Gasteiger partial charge on any atom is 0.309 e. The summed E-state index contributed by atoms with van der Waals surface area (Å²) in [6, 6.07) is 5.72. The fourth-order valence-electron chi connectivity index (χ4n) is 2.32. The van der Waals surface area contributed by atoms with Crippen LogP contribution in [0.3, 0.4) is 0 Å². The Labute approximate surface area is 135 Å². The largest absolute Gasteiger partial charge is 0.455 e. The third-order valence-corrected chi connectivity index (χ3v) is 3.95. The van der Waals surface area contributed by atoms with Gasteiger partial charge >= 0.3 is 5.97 Å². The molecule has 2 atom stereocenters. The van der Waals surface area contributed by atoms with E-state index in [-0.39, 0.29) is 30.9 Å². The van der Waals surface area contributed by atoms with Crippen molar-refractivity contribution in [2.75, 3.05) is 18.5 Å². The van der Waals surface area contributed by atoms with Crippen LogP contribution >= 0.6 is 0 Å². The molecule has 1 saturated carbocycles. The van der Waals surface area contributed by atoms with Gasteiger partial charge in [-0.25, -0.2) is 0 Å². The Balaban J connectivity index is 1.71. The summed E-state index contributed by atoms with van der Waals surface area (Å²) in [4.78, 5) is 35.0. The summed E-state index contributed by atoms with van der Waals surface area (Å²) in [5.74, 6) is -0.877. The Morgan fingerprint density at radius 2 is 1.78 bits per heavy atom. The Bertz CT molecular complexity index is 607. The molecule has 23 heavy (non-hydrogen) atoms. The molecule has 2 N–H and O–H groups in total. The van der Waals surface area contributed by atoms with Gasteiger partial charge in [0.05, 0.1) is 12.5 Å². The molecule has 2 amide bonds. The van der Waals surface area contributed by atoms with Crippen molar-refractivity contribution < 1.29 is 19.1 Å². The summed E-state index contributed by atoms with van der Waals surface area (Å²) in [5, 5.41) is 5.21. The van der Waals surface area contributed by atoms with Crippen molar-refractivity contribution in [2.45, 2.75) is 27.2 Å². The molecule has 1 aromatic carbocycles. The van der Waals surface area contributed by atoms with E-state index in [1.165, 1.54) is 0 Å². The second kappa shape index (κ2) is 7.26. The van der Waals surface area contributed by atoms with Crippen molar-refractivity contribution in [3.8, 4) is 0 Å². The van der Waals surface area contributed by atoms with Gasteiger partial charge < -0.3 is 15.4 Å². The number of hydrogen-bond acceptors (Lipinski definition) is 4. The highest BCUT2D eigenvalue weighted by atomic mass is 16.5. The van der Waals surface area contributed by atoms with Crippen molar-refractivity contribution in [2.24, 2.45) is 11.8 Å². The highest BCUT2D eigenvalue weighted by Gasteiger charge is 2.40. The number of para-hydroxylation sites is 1. The second-order valence-electron chi connectivity index (χ2n) is 6.02. The summed E-state index contributed by atoms with van der Waals surface area (Å²) in [6.07, 6.45) is 0.818. The van der Waals surface area contributed by atoms with Gasteiger partial charge in [0.15, 0.2) is 6.61 Å². The quantitative estimate of drug-likeness (QED) is 0.780. The fraction of sp³-hybridized carbons (Fsp3) is 0.471. The Morgan fingerprint density at radius 3 is 2.35 bits per heavy atom. The Kier molecular flexibility index (Phi) is 5.36. The molecule has 1 aliphatic carbocycles. The van der Waals surface area contributed by atoms with E-state index < -0.39 is 5.91 Å². The SMILES string of the molecule is Cc1cccc(C)c1NC(=O)CNC(=O)COC(=O)[C@@H]1C[C@@H]1C. The van der Waals surface area contributed by atoms with Crippen LogP contribution in [0.1, 0.15) is 24.5 Å². The zero-order valence-electron chi connectivity index (χ0n) is 13.6. The van der Waals surface area contributed by atoms with Gasteiger partial charge in [-0.05, 0) is 37.3 Å². The van der Waals surface area contributed by atoms with Gasteiger partial charge in [-0.2, -0.15) is 0 Å². The minimum Gasteiger partial charge on any atom is -0.455 e. The zero-order chi connectivity index (χ0) is 17.0. The number of benzene rings is 1. The lowest BCUT2D eigenvalue weighted by Gasteiger charge is -2.12. The van der Waals surface area contributed by atoms with Gasteiger partial charge in [-0.1, -0.05) is 25.1 Å². The fourth-order valence-corrected chi connectivity index (χ4v) is 2.32. The molecule has 6 heteroatoms. The Morgan fingerprint density at radius 1 is 1.17 bits per heavy atom. The average Bonchev–Trinajstić information content (AvgIpc) is 3.23. The maximum atomic E-state index is 11.9. The van der Waals surface area contributed by atoms with Crippen LogP contribution in [0, 0.1) is 25.7 Å². The number of carbonyl (C=O) groups is 3.